The molecule has 1 aromatic carbocycles. The second-order valence-electron chi connectivity index (χ2n) is 4.19. The lowest BCUT2D eigenvalue weighted by atomic mass is 10.1. The molecule has 1 aromatic rings. The molecule has 2 N–H and O–H groups in total. The first-order chi connectivity index (χ1) is 9.09. The summed E-state index contributed by atoms with van der Waals surface area (Å²) in [6, 6.07) is 3.21. The van der Waals surface area contributed by atoms with E-state index in [9.17, 15) is 26.3 Å². The van der Waals surface area contributed by atoms with Crippen LogP contribution in [-0.4, -0.2) is 12.8 Å². The molecule has 0 spiro atoms. The molecule has 0 aliphatic carbocycles. The van der Waals surface area contributed by atoms with Crippen molar-refractivity contribution in [1.82, 2.24) is 0 Å². The smallest absolute Gasteiger partial charge is 0.399 e. The summed E-state index contributed by atoms with van der Waals surface area (Å²) in [6.45, 7) is -0.672. The van der Waals surface area contributed by atoms with Gasteiger partial charge in [0.2, 0.25) is 0 Å². The first-order valence-electron chi connectivity index (χ1n) is 5.70. The van der Waals surface area contributed by atoms with Crippen molar-refractivity contribution >= 4 is 5.69 Å². The summed E-state index contributed by atoms with van der Waals surface area (Å²) in [4.78, 5) is 0. The van der Waals surface area contributed by atoms with E-state index in [1.165, 1.54) is 6.07 Å². The van der Waals surface area contributed by atoms with Crippen LogP contribution in [0.2, 0.25) is 0 Å². The van der Waals surface area contributed by atoms with Crippen molar-refractivity contribution in [3.8, 4) is 0 Å². The average molecular weight is 301 g/mol. The van der Waals surface area contributed by atoms with E-state index in [1.807, 2.05) is 0 Å². The number of nitrogens with two attached hydrogens (primary N) is 1. The van der Waals surface area contributed by atoms with Crippen LogP contribution in [0.3, 0.4) is 0 Å². The van der Waals surface area contributed by atoms with Gasteiger partial charge in [0.05, 0.1) is 12.2 Å². The maximum atomic E-state index is 12.7. The Bertz CT molecular complexity index is 441. The summed E-state index contributed by atoms with van der Waals surface area (Å²) in [7, 11) is 0. The number of hydrogen-bond donors (Lipinski definition) is 1. The number of alkyl halides is 6. The Morgan fingerprint density at radius 2 is 1.70 bits per heavy atom. The van der Waals surface area contributed by atoms with E-state index in [1.54, 1.807) is 0 Å². The highest BCUT2D eigenvalue weighted by molar-refractivity contribution is 5.45. The monoisotopic (exact) mass is 301 g/mol. The van der Waals surface area contributed by atoms with E-state index in [0.29, 0.717) is 0 Å². The van der Waals surface area contributed by atoms with Crippen LogP contribution in [0, 0.1) is 0 Å². The van der Waals surface area contributed by atoms with Crippen molar-refractivity contribution in [2.45, 2.75) is 31.8 Å². The Hall–Kier alpha value is -1.44. The molecule has 0 aromatic heterocycles. The third-order valence-corrected chi connectivity index (χ3v) is 2.45. The van der Waals surface area contributed by atoms with Crippen LogP contribution in [0.25, 0.3) is 0 Å². The molecule has 2 nitrogen and oxygen atoms in total. The number of benzene rings is 1. The highest BCUT2D eigenvalue weighted by atomic mass is 19.4. The zero-order valence-electron chi connectivity index (χ0n) is 10.3. The van der Waals surface area contributed by atoms with Gasteiger partial charge in [-0.15, -0.1) is 0 Å². The molecule has 114 valence electrons. The standard InChI is InChI=1S/C12H13F6NO/c13-11(14,15)4-1-5-20-7-8-2-3-9(19)6-10(8)12(16,17)18/h2-3,6H,1,4-5,7,19H2. The normalized spacial score (nSPS) is 12.7. The first-order valence-corrected chi connectivity index (χ1v) is 5.70. The van der Waals surface area contributed by atoms with Crippen LogP contribution in [0.15, 0.2) is 18.2 Å². The van der Waals surface area contributed by atoms with Gasteiger partial charge in [0.1, 0.15) is 0 Å². The van der Waals surface area contributed by atoms with Gasteiger partial charge < -0.3 is 10.5 Å². The Labute approximate surface area is 111 Å². The molecule has 0 bridgehead atoms. The van der Waals surface area contributed by atoms with Crippen LogP contribution in [0.4, 0.5) is 32.0 Å². The lowest BCUT2D eigenvalue weighted by molar-refractivity contribution is -0.139. The third-order valence-electron chi connectivity index (χ3n) is 2.45. The Morgan fingerprint density at radius 3 is 2.25 bits per heavy atom. The van der Waals surface area contributed by atoms with Crippen molar-refractivity contribution in [2.24, 2.45) is 0 Å². The van der Waals surface area contributed by atoms with E-state index in [-0.39, 0.29) is 24.3 Å². The van der Waals surface area contributed by atoms with Gasteiger partial charge in [-0.25, -0.2) is 0 Å². The highest BCUT2D eigenvalue weighted by Gasteiger charge is 2.33. The molecule has 0 fully saturated rings. The summed E-state index contributed by atoms with van der Waals surface area (Å²) in [5.41, 5.74) is 4.15. The van der Waals surface area contributed by atoms with Crippen molar-refractivity contribution in [3.05, 3.63) is 29.3 Å². The van der Waals surface area contributed by atoms with Crippen LogP contribution in [-0.2, 0) is 17.5 Å². The first kappa shape index (κ1) is 16.6. The summed E-state index contributed by atoms with van der Waals surface area (Å²) in [6.07, 6.45) is -10.2. The van der Waals surface area contributed by atoms with Crippen molar-refractivity contribution in [3.63, 3.8) is 0 Å². The molecular weight excluding hydrogens is 288 g/mol. The van der Waals surface area contributed by atoms with Gasteiger partial charge in [0, 0.05) is 18.7 Å². The predicted molar refractivity (Wildman–Crippen MR) is 60.8 cm³/mol. The Kier molecular flexibility index (Phi) is 5.27. The largest absolute Gasteiger partial charge is 0.416 e. The van der Waals surface area contributed by atoms with Crippen LogP contribution < -0.4 is 5.73 Å². The lowest BCUT2D eigenvalue weighted by Crippen LogP contribution is -2.12. The second-order valence-corrected chi connectivity index (χ2v) is 4.19. The molecule has 0 radical (unpaired) electrons. The van der Waals surface area contributed by atoms with E-state index in [4.69, 9.17) is 10.5 Å². The predicted octanol–water partition coefficient (Wildman–Crippen LogP) is 4.15. The van der Waals surface area contributed by atoms with E-state index in [2.05, 4.69) is 0 Å². The van der Waals surface area contributed by atoms with Gasteiger partial charge in [-0.05, 0) is 24.1 Å². The van der Waals surface area contributed by atoms with Crippen molar-refractivity contribution < 1.29 is 31.1 Å². The molecule has 0 saturated carbocycles. The van der Waals surface area contributed by atoms with Gasteiger partial charge in [-0.2, -0.15) is 26.3 Å². The van der Waals surface area contributed by atoms with Gasteiger partial charge in [0.15, 0.2) is 0 Å². The quantitative estimate of drug-likeness (QED) is 0.504. The molecule has 0 aliphatic rings. The molecule has 0 saturated heterocycles. The Morgan fingerprint density at radius 1 is 1.05 bits per heavy atom. The molecule has 0 aliphatic heterocycles. The minimum atomic E-state index is -4.58. The average Bonchev–Trinajstić information content (AvgIpc) is 2.27. The minimum absolute atomic E-state index is 0.0434. The maximum absolute atomic E-state index is 12.7. The summed E-state index contributed by atoms with van der Waals surface area (Å²) in [5.74, 6) is 0. The maximum Gasteiger partial charge on any atom is 0.416 e. The molecule has 0 amide bonds. The zero-order chi connectivity index (χ0) is 15.4. The number of ether oxygens (including phenoxy) is 1. The second kappa shape index (κ2) is 6.34. The van der Waals surface area contributed by atoms with E-state index >= 15 is 0 Å². The van der Waals surface area contributed by atoms with E-state index < -0.39 is 30.9 Å². The Balaban J connectivity index is 2.56. The van der Waals surface area contributed by atoms with Crippen LogP contribution in [0.1, 0.15) is 24.0 Å². The van der Waals surface area contributed by atoms with Gasteiger partial charge >= 0.3 is 12.4 Å². The molecule has 0 heterocycles. The zero-order valence-corrected chi connectivity index (χ0v) is 10.3. The van der Waals surface area contributed by atoms with Gasteiger partial charge in [-0.3, -0.25) is 0 Å². The molecule has 0 atom stereocenters. The third kappa shape index (κ3) is 5.68. The van der Waals surface area contributed by atoms with E-state index in [0.717, 1.165) is 12.1 Å². The fourth-order valence-electron chi connectivity index (χ4n) is 1.54. The molecular formula is C12H13F6NO. The SMILES string of the molecule is Nc1ccc(COCCCC(F)(F)F)c(C(F)(F)F)c1. The van der Waals surface area contributed by atoms with Crippen molar-refractivity contribution in [2.75, 3.05) is 12.3 Å². The number of nitrogen functional groups attached to an aromatic ring is 1. The highest BCUT2D eigenvalue weighted by Crippen LogP contribution is 2.33. The molecule has 1 rings (SSSR count). The number of hydrogen-bond acceptors (Lipinski definition) is 2. The molecule has 8 heteroatoms. The summed E-state index contributed by atoms with van der Waals surface area (Å²) < 4.78 is 78.5. The minimum Gasteiger partial charge on any atom is -0.399 e. The topological polar surface area (TPSA) is 35.2 Å². The summed E-state index contributed by atoms with van der Waals surface area (Å²) in [5, 5.41) is 0. The lowest BCUT2D eigenvalue weighted by Gasteiger charge is -2.14. The molecule has 0 unspecified atom stereocenters. The van der Waals surface area contributed by atoms with Gasteiger partial charge in [0.25, 0.3) is 0 Å². The fraction of sp³-hybridized carbons (Fsp3) is 0.500. The number of rotatable bonds is 5. The van der Waals surface area contributed by atoms with Gasteiger partial charge in [-0.1, -0.05) is 6.07 Å². The number of anilines is 1. The summed E-state index contributed by atoms with van der Waals surface area (Å²) >= 11 is 0. The van der Waals surface area contributed by atoms with Crippen LogP contribution in [0.5, 0.6) is 0 Å². The van der Waals surface area contributed by atoms with Crippen molar-refractivity contribution in [1.29, 1.82) is 0 Å². The molecule has 20 heavy (non-hydrogen) atoms. The fourth-order valence-corrected chi connectivity index (χ4v) is 1.54. The number of halogens is 6. The van der Waals surface area contributed by atoms with Crippen LogP contribution >= 0.6 is 0 Å².